The first kappa shape index (κ1) is 21.6. The van der Waals surface area contributed by atoms with Crippen LogP contribution < -0.4 is 10.0 Å². The Kier molecular flexibility index (Phi) is 6.27. The van der Waals surface area contributed by atoms with Crippen LogP contribution in [0.5, 0.6) is 0 Å². The summed E-state index contributed by atoms with van der Waals surface area (Å²) in [6, 6.07) is 19.4. The van der Waals surface area contributed by atoms with Gasteiger partial charge in [0, 0.05) is 5.56 Å². The van der Waals surface area contributed by atoms with Crippen molar-refractivity contribution in [1.82, 2.24) is 5.32 Å². The lowest BCUT2D eigenvalue weighted by molar-refractivity contribution is 0.0940. The molecule has 5 nitrogen and oxygen atoms in total. The molecule has 0 aliphatic heterocycles. The SMILES string of the molecule is Cc1ccc([C@H](C)NC(=O)c2ccc(NS(=O)(=O)c3ccc(C)cc3)c(C)c2)cc1. The van der Waals surface area contributed by atoms with Gasteiger partial charge in [0.2, 0.25) is 0 Å². The van der Waals surface area contributed by atoms with Crippen molar-refractivity contribution in [1.29, 1.82) is 0 Å². The molecule has 6 heteroatoms. The summed E-state index contributed by atoms with van der Waals surface area (Å²) in [7, 11) is -3.69. The normalized spacial score (nSPS) is 12.3. The second kappa shape index (κ2) is 8.71. The summed E-state index contributed by atoms with van der Waals surface area (Å²) in [5.74, 6) is -0.209. The smallest absolute Gasteiger partial charge is 0.261 e. The van der Waals surface area contributed by atoms with Crippen LogP contribution in [0.15, 0.2) is 71.6 Å². The monoisotopic (exact) mass is 422 g/mol. The first-order valence-corrected chi connectivity index (χ1v) is 11.2. The van der Waals surface area contributed by atoms with Crippen LogP contribution in [-0.4, -0.2) is 14.3 Å². The van der Waals surface area contributed by atoms with Crippen molar-refractivity contribution in [3.8, 4) is 0 Å². The molecule has 3 aromatic rings. The van der Waals surface area contributed by atoms with Gasteiger partial charge in [0.15, 0.2) is 0 Å². The second-order valence-corrected chi connectivity index (χ2v) is 9.24. The Balaban J connectivity index is 1.73. The first-order chi connectivity index (χ1) is 14.2. The molecule has 0 radical (unpaired) electrons. The highest BCUT2D eigenvalue weighted by atomic mass is 32.2. The Labute approximate surface area is 178 Å². The number of nitrogens with one attached hydrogen (secondary N) is 2. The maximum atomic E-state index is 12.6. The van der Waals surface area contributed by atoms with E-state index in [1.807, 2.05) is 45.0 Å². The van der Waals surface area contributed by atoms with Crippen LogP contribution in [0.4, 0.5) is 5.69 Å². The van der Waals surface area contributed by atoms with Crippen molar-refractivity contribution in [2.45, 2.75) is 38.6 Å². The zero-order valence-corrected chi connectivity index (χ0v) is 18.4. The van der Waals surface area contributed by atoms with Gasteiger partial charge >= 0.3 is 0 Å². The maximum Gasteiger partial charge on any atom is 0.261 e. The molecule has 3 rings (SSSR count). The van der Waals surface area contributed by atoms with E-state index in [1.54, 1.807) is 49.4 Å². The van der Waals surface area contributed by atoms with Crippen LogP contribution in [0.25, 0.3) is 0 Å². The largest absolute Gasteiger partial charge is 0.346 e. The van der Waals surface area contributed by atoms with E-state index in [-0.39, 0.29) is 16.8 Å². The molecule has 1 amide bonds. The van der Waals surface area contributed by atoms with Gasteiger partial charge in [-0.05, 0) is 69.2 Å². The molecule has 0 aromatic heterocycles. The highest BCUT2D eigenvalue weighted by molar-refractivity contribution is 7.92. The molecule has 0 saturated heterocycles. The Morgan fingerprint density at radius 1 is 0.833 bits per heavy atom. The van der Waals surface area contributed by atoms with E-state index in [0.717, 1.165) is 16.7 Å². The fourth-order valence-electron chi connectivity index (χ4n) is 3.06. The van der Waals surface area contributed by atoms with Crippen molar-refractivity contribution < 1.29 is 13.2 Å². The Bertz CT molecular complexity index is 1150. The zero-order chi connectivity index (χ0) is 21.9. The van der Waals surface area contributed by atoms with E-state index >= 15 is 0 Å². The first-order valence-electron chi connectivity index (χ1n) is 9.73. The molecule has 0 aliphatic carbocycles. The number of rotatable bonds is 6. The second-order valence-electron chi connectivity index (χ2n) is 7.55. The summed E-state index contributed by atoms with van der Waals surface area (Å²) in [6.45, 7) is 7.62. The Morgan fingerprint density at radius 2 is 1.40 bits per heavy atom. The highest BCUT2D eigenvalue weighted by Crippen LogP contribution is 2.22. The number of carbonyl (C=O) groups is 1. The van der Waals surface area contributed by atoms with Crippen molar-refractivity contribution in [3.63, 3.8) is 0 Å². The van der Waals surface area contributed by atoms with Crippen LogP contribution in [0.1, 0.15) is 45.6 Å². The Morgan fingerprint density at radius 3 is 1.97 bits per heavy atom. The van der Waals surface area contributed by atoms with Crippen molar-refractivity contribution >= 4 is 21.6 Å². The molecular weight excluding hydrogens is 396 g/mol. The van der Waals surface area contributed by atoms with E-state index in [1.165, 1.54) is 0 Å². The third-order valence-electron chi connectivity index (χ3n) is 4.99. The molecule has 0 heterocycles. The molecule has 1 atom stereocenters. The number of hydrogen-bond donors (Lipinski definition) is 2. The van der Waals surface area contributed by atoms with Gasteiger partial charge in [-0.3, -0.25) is 9.52 Å². The fraction of sp³-hybridized carbons (Fsp3) is 0.208. The number of amides is 1. The Hall–Kier alpha value is -3.12. The van der Waals surface area contributed by atoms with Crippen molar-refractivity contribution in [3.05, 3.63) is 94.5 Å². The zero-order valence-electron chi connectivity index (χ0n) is 17.6. The van der Waals surface area contributed by atoms with Gasteiger partial charge in [0.1, 0.15) is 0 Å². The number of hydrogen-bond acceptors (Lipinski definition) is 3. The van der Waals surface area contributed by atoms with Gasteiger partial charge in [0.05, 0.1) is 16.6 Å². The van der Waals surface area contributed by atoms with Gasteiger partial charge in [-0.2, -0.15) is 0 Å². The third kappa shape index (κ3) is 5.07. The van der Waals surface area contributed by atoms with E-state index < -0.39 is 10.0 Å². The third-order valence-corrected chi connectivity index (χ3v) is 6.37. The summed E-state index contributed by atoms with van der Waals surface area (Å²) in [6.07, 6.45) is 0. The molecule has 0 unspecified atom stereocenters. The fourth-order valence-corrected chi connectivity index (χ4v) is 4.19. The molecule has 3 aromatic carbocycles. The van der Waals surface area contributed by atoms with E-state index in [2.05, 4.69) is 10.0 Å². The van der Waals surface area contributed by atoms with E-state index in [9.17, 15) is 13.2 Å². The lowest BCUT2D eigenvalue weighted by Gasteiger charge is -2.16. The van der Waals surface area contributed by atoms with Gasteiger partial charge < -0.3 is 5.32 Å². The summed E-state index contributed by atoms with van der Waals surface area (Å²) in [5.41, 5.74) is 4.76. The van der Waals surface area contributed by atoms with Crippen molar-refractivity contribution in [2.24, 2.45) is 0 Å². The van der Waals surface area contributed by atoms with E-state index in [0.29, 0.717) is 16.8 Å². The minimum Gasteiger partial charge on any atom is -0.346 e. The summed E-state index contributed by atoms with van der Waals surface area (Å²) in [5, 5.41) is 2.98. The van der Waals surface area contributed by atoms with Crippen LogP contribution in [0, 0.1) is 20.8 Å². The van der Waals surface area contributed by atoms with Gasteiger partial charge in [-0.1, -0.05) is 47.5 Å². The minimum atomic E-state index is -3.69. The lowest BCUT2D eigenvalue weighted by Crippen LogP contribution is -2.26. The van der Waals surface area contributed by atoms with Gasteiger partial charge in [-0.15, -0.1) is 0 Å². The molecule has 0 saturated carbocycles. The molecule has 0 aliphatic rings. The quantitative estimate of drug-likeness (QED) is 0.593. The number of benzene rings is 3. The lowest BCUT2D eigenvalue weighted by atomic mass is 10.1. The van der Waals surface area contributed by atoms with Gasteiger partial charge in [0.25, 0.3) is 15.9 Å². The maximum absolute atomic E-state index is 12.6. The number of anilines is 1. The molecule has 0 spiro atoms. The molecule has 30 heavy (non-hydrogen) atoms. The summed E-state index contributed by atoms with van der Waals surface area (Å²) in [4.78, 5) is 12.8. The molecular formula is C24H26N2O3S. The molecule has 2 N–H and O–H groups in total. The number of aryl methyl sites for hydroxylation is 3. The summed E-state index contributed by atoms with van der Waals surface area (Å²) < 4.78 is 27.8. The molecule has 0 fully saturated rings. The van der Waals surface area contributed by atoms with E-state index in [4.69, 9.17) is 0 Å². The minimum absolute atomic E-state index is 0.141. The van der Waals surface area contributed by atoms with Crippen LogP contribution >= 0.6 is 0 Å². The topological polar surface area (TPSA) is 75.3 Å². The predicted octanol–water partition coefficient (Wildman–Crippen LogP) is 4.90. The van der Waals surface area contributed by atoms with Gasteiger partial charge in [-0.25, -0.2) is 8.42 Å². The molecule has 0 bridgehead atoms. The highest BCUT2D eigenvalue weighted by Gasteiger charge is 2.17. The summed E-state index contributed by atoms with van der Waals surface area (Å²) >= 11 is 0. The number of carbonyl (C=O) groups excluding carboxylic acids is 1. The van der Waals surface area contributed by atoms with Crippen molar-refractivity contribution in [2.75, 3.05) is 4.72 Å². The molecule has 156 valence electrons. The van der Waals surface area contributed by atoms with Crippen LogP contribution in [0.2, 0.25) is 0 Å². The number of sulfonamides is 1. The average molecular weight is 423 g/mol. The van der Waals surface area contributed by atoms with Crippen LogP contribution in [-0.2, 0) is 10.0 Å². The average Bonchev–Trinajstić information content (AvgIpc) is 2.70. The van der Waals surface area contributed by atoms with Crippen LogP contribution in [0.3, 0.4) is 0 Å². The predicted molar refractivity (Wildman–Crippen MR) is 120 cm³/mol. The standard InChI is InChI=1S/C24H26N2O3S/c1-16-5-9-20(10-6-16)19(4)25-24(27)21-11-14-23(18(3)15-21)26-30(28,29)22-12-7-17(2)8-13-22/h5-15,19,26H,1-4H3,(H,25,27)/t19-/m0/s1.